The summed E-state index contributed by atoms with van der Waals surface area (Å²) in [6.45, 7) is 11.0. The Morgan fingerprint density at radius 2 is 1.80 bits per heavy atom. The zero-order valence-corrected chi connectivity index (χ0v) is 8.47. The summed E-state index contributed by atoms with van der Waals surface area (Å²) in [6, 6.07) is 0. The van der Waals surface area contributed by atoms with E-state index in [0.717, 1.165) is 12.2 Å². The molecule has 0 heterocycles. The van der Waals surface area contributed by atoms with Crippen molar-refractivity contribution in [2.75, 3.05) is 0 Å². The topological polar surface area (TPSA) is 83.8 Å². The summed E-state index contributed by atoms with van der Waals surface area (Å²) in [5.74, 6) is -1.60. The Hall–Kier alpha value is -1.88. The normalized spacial score (nSPS) is 10.0. The molecule has 0 aromatic rings. The number of carbonyl (C=O) groups is 2. The van der Waals surface area contributed by atoms with Crippen LogP contribution in [0.2, 0.25) is 0 Å². The molecule has 5 heteroatoms. The van der Waals surface area contributed by atoms with Crippen molar-refractivity contribution in [1.29, 1.82) is 0 Å². The zero-order valence-electron chi connectivity index (χ0n) is 8.47. The van der Waals surface area contributed by atoms with Crippen molar-refractivity contribution < 1.29 is 24.5 Å². The molecule has 0 bridgehead atoms. The standard InChI is InChI=1S/C7H10O3.C3H4O2/c1-4-6(8)10-7(9)5(2)3;1-2-3(4)5/h4,6,8H,1-2H2,3H3;2H,1H2,(H,4,5). The average molecular weight is 214 g/mol. The fourth-order valence-electron chi connectivity index (χ4n) is 0.258. The van der Waals surface area contributed by atoms with Gasteiger partial charge in [-0.1, -0.05) is 19.7 Å². The SMILES string of the molecule is C=CC(=O)O.C=CC(O)OC(=O)C(=C)C. The van der Waals surface area contributed by atoms with Crippen LogP contribution in [0.1, 0.15) is 6.92 Å². The molecule has 0 aliphatic rings. The van der Waals surface area contributed by atoms with Gasteiger partial charge in [-0.05, 0) is 13.0 Å². The molecular weight excluding hydrogens is 200 g/mol. The van der Waals surface area contributed by atoms with Gasteiger partial charge in [-0.15, -0.1) is 0 Å². The van der Waals surface area contributed by atoms with Crippen molar-refractivity contribution in [2.45, 2.75) is 13.2 Å². The first-order valence-electron chi connectivity index (χ1n) is 3.87. The van der Waals surface area contributed by atoms with Crippen LogP contribution in [-0.2, 0) is 14.3 Å². The molecule has 0 rings (SSSR count). The maximum Gasteiger partial charge on any atom is 0.335 e. The molecule has 0 spiro atoms. The van der Waals surface area contributed by atoms with E-state index in [1.165, 1.54) is 6.92 Å². The van der Waals surface area contributed by atoms with E-state index in [2.05, 4.69) is 24.5 Å². The van der Waals surface area contributed by atoms with Crippen LogP contribution in [0.25, 0.3) is 0 Å². The summed E-state index contributed by atoms with van der Waals surface area (Å²) >= 11 is 0. The second kappa shape index (κ2) is 8.71. The summed E-state index contributed by atoms with van der Waals surface area (Å²) in [4.78, 5) is 19.8. The minimum absolute atomic E-state index is 0.251. The molecule has 0 saturated heterocycles. The van der Waals surface area contributed by atoms with Gasteiger partial charge >= 0.3 is 11.9 Å². The number of carboxylic acid groups (broad SMARTS) is 1. The molecule has 5 nitrogen and oxygen atoms in total. The Morgan fingerprint density at radius 3 is 2.00 bits per heavy atom. The number of hydrogen-bond donors (Lipinski definition) is 2. The number of aliphatic carboxylic acids is 1. The number of rotatable bonds is 4. The Balaban J connectivity index is 0. The van der Waals surface area contributed by atoms with Crippen LogP contribution in [0.15, 0.2) is 37.5 Å². The van der Waals surface area contributed by atoms with Gasteiger partial charge in [-0.2, -0.15) is 0 Å². The summed E-state index contributed by atoms with van der Waals surface area (Å²) in [6.07, 6.45) is 0.713. The number of aliphatic hydroxyl groups excluding tert-OH is 1. The van der Waals surface area contributed by atoms with E-state index >= 15 is 0 Å². The smallest absolute Gasteiger partial charge is 0.335 e. The fraction of sp³-hybridized carbons (Fsp3) is 0.200. The minimum atomic E-state index is -1.23. The molecule has 0 amide bonds. The lowest BCUT2D eigenvalue weighted by molar-refractivity contribution is -0.155. The number of aliphatic hydroxyl groups is 1. The van der Waals surface area contributed by atoms with Gasteiger partial charge in [0.25, 0.3) is 0 Å². The van der Waals surface area contributed by atoms with Gasteiger partial charge in [-0.3, -0.25) is 0 Å². The van der Waals surface area contributed by atoms with Crippen molar-refractivity contribution in [3.05, 3.63) is 37.5 Å². The van der Waals surface area contributed by atoms with Crippen LogP contribution < -0.4 is 0 Å². The lowest BCUT2D eigenvalue weighted by Gasteiger charge is -2.05. The van der Waals surface area contributed by atoms with Crippen LogP contribution in [0.3, 0.4) is 0 Å². The van der Waals surface area contributed by atoms with Crippen molar-refractivity contribution >= 4 is 11.9 Å². The van der Waals surface area contributed by atoms with Gasteiger partial charge in [0.2, 0.25) is 6.29 Å². The van der Waals surface area contributed by atoms with Crippen LogP contribution in [-0.4, -0.2) is 28.4 Å². The predicted molar refractivity (Wildman–Crippen MR) is 54.9 cm³/mol. The van der Waals surface area contributed by atoms with Crippen molar-refractivity contribution in [3.63, 3.8) is 0 Å². The Bertz CT molecular complexity index is 267. The highest BCUT2D eigenvalue weighted by Crippen LogP contribution is 1.95. The van der Waals surface area contributed by atoms with Gasteiger partial charge in [0.15, 0.2) is 0 Å². The second-order valence-corrected chi connectivity index (χ2v) is 2.35. The number of carbonyl (C=O) groups excluding carboxylic acids is 1. The number of hydrogen-bond acceptors (Lipinski definition) is 4. The molecule has 1 unspecified atom stereocenters. The van der Waals surface area contributed by atoms with E-state index in [4.69, 9.17) is 10.2 Å². The first-order chi connectivity index (χ1) is 6.84. The quantitative estimate of drug-likeness (QED) is 0.314. The maximum atomic E-state index is 10.6. The maximum absolute atomic E-state index is 10.6. The Morgan fingerprint density at radius 1 is 1.40 bits per heavy atom. The van der Waals surface area contributed by atoms with Crippen molar-refractivity contribution in [2.24, 2.45) is 0 Å². The molecule has 0 aliphatic carbocycles. The van der Waals surface area contributed by atoms with E-state index in [9.17, 15) is 9.59 Å². The van der Waals surface area contributed by atoms with Crippen LogP contribution >= 0.6 is 0 Å². The zero-order chi connectivity index (χ0) is 12.4. The molecule has 0 saturated carbocycles. The van der Waals surface area contributed by atoms with E-state index in [-0.39, 0.29) is 5.57 Å². The summed E-state index contributed by atoms with van der Waals surface area (Å²) in [5.41, 5.74) is 0.251. The molecular formula is C10H14O5. The third-order valence-electron chi connectivity index (χ3n) is 0.953. The molecule has 0 aromatic carbocycles. The van der Waals surface area contributed by atoms with Gasteiger partial charge < -0.3 is 14.9 Å². The Labute approximate surface area is 88.0 Å². The average Bonchev–Trinajstić information content (AvgIpc) is 2.18. The van der Waals surface area contributed by atoms with E-state index in [1.54, 1.807) is 0 Å². The van der Waals surface area contributed by atoms with E-state index in [0.29, 0.717) is 0 Å². The highest BCUT2D eigenvalue weighted by Gasteiger charge is 2.06. The number of esters is 1. The number of carboxylic acids is 1. The second-order valence-electron chi connectivity index (χ2n) is 2.35. The van der Waals surface area contributed by atoms with Gasteiger partial charge in [0, 0.05) is 11.6 Å². The van der Waals surface area contributed by atoms with Crippen molar-refractivity contribution in [1.82, 2.24) is 0 Å². The summed E-state index contributed by atoms with van der Waals surface area (Å²) in [7, 11) is 0. The third kappa shape index (κ3) is 12.1. The van der Waals surface area contributed by atoms with Gasteiger partial charge in [0.05, 0.1) is 0 Å². The minimum Gasteiger partial charge on any atom is -0.478 e. The largest absolute Gasteiger partial charge is 0.478 e. The van der Waals surface area contributed by atoms with Crippen LogP contribution in [0, 0.1) is 0 Å². The molecule has 0 radical (unpaired) electrons. The molecule has 0 fully saturated rings. The van der Waals surface area contributed by atoms with Crippen LogP contribution in [0.5, 0.6) is 0 Å². The van der Waals surface area contributed by atoms with Gasteiger partial charge in [-0.25, -0.2) is 9.59 Å². The Kier molecular flexibility index (Phi) is 9.05. The molecule has 1 atom stereocenters. The first kappa shape index (κ1) is 15.6. The molecule has 0 aliphatic heterocycles. The lowest BCUT2D eigenvalue weighted by atomic mass is 10.4. The highest BCUT2D eigenvalue weighted by atomic mass is 16.6. The molecule has 15 heavy (non-hydrogen) atoms. The first-order valence-corrected chi connectivity index (χ1v) is 3.87. The predicted octanol–water partition coefficient (Wildman–Crippen LogP) is 0.867. The molecule has 84 valence electrons. The number of ether oxygens (including phenoxy) is 1. The van der Waals surface area contributed by atoms with Crippen molar-refractivity contribution in [3.8, 4) is 0 Å². The van der Waals surface area contributed by atoms with Gasteiger partial charge in [0.1, 0.15) is 0 Å². The highest BCUT2D eigenvalue weighted by molar-refractivity contribution is 5.87. The summed E-state index contributed by atoms with van der Waals surface area (Å²) in [5, 5.41) is 16.3. The van der Waals surface area contributed by atoms with E-state index < -0.39 is 18.2 Å². The lowest BCUT2D eigenvalue weighted by Crippen LogP contribution is -2.14. The molecule has 0 aromatic heterocycles. The summed E-state index contributed by atoms with van der Waals surface area (Å²) < 4.78 is 4.36. The monoisotopic (exact) mass is 214 g/mol. The third-order valence-corrected chi connectivity index (χ3v) is 0.953. The van der Waals surface area contributed by atoms with E-state index in [1.807, 2.05) is 0 Å². The molecule has 2 N–H and O–H groups in total. The van der Waals surface area contributed by atoms with Crippen LogP contribution in [0.4, 0.5) is 0 Å². The fourth-order valence-corrected chi connectivity index (χ4v) is 0.258.